The fourth-order valence-electron chi connectivity index (χ4n) is 0.521. The minimum Gasteiger partial charge on any atom is -0.127 e. The second-order valence-corrected chi connectivity index (χ2v) is 2.13. The second-order valence-electron chi connectivity index (χ2n) is 1.75. The molecule has 0 nitrogen and oxygen atoms in total. The quantitative estimate of drug-likeness (QED) is 0.483. The molecule has 0 amide bonds. The van der Waals surface area contributed by atoms with Crippen LogP contribution in [0, 0.1) is 0 Å². The van der Waals surface area contributed by atoms with Gasteiger partial charge in [0.05, 0.1) is 0 Å². The van der Waals surface area contributed by atoms with Crippen LogP contribution >= 0.6 is 28.6 Å². The van der Waals surface area contributed by atoms with Gasteiger partial charge in [-0.2, -0.15) is 0 Å². The molecule has 0 fully saturated rings. The summed E-state index contributed by atoms with van der Waals surface area (Å²) >= 11 is 5.44. The Morgan fingerprint density at radius 3 is 2.12 bits per heavy atom. The van der Waals surface area contributed by atoms with Crippen LogP contribution in [0.25, 0.3) is 0 Å². The van der Waals surface area contributed by atoms with E-state index < -0.39 is 0 Å². The monoisotopic (exact) mass is 200 g/mol. The maximum Gasteiger partial charge on any atom is 0.0223 e. The molecule has 0 spiro atoms. The normalized spacial score (nSPS) is 8.25. The van der Waals surface area contributed by atoms with E-state index in [-0.39, 0.29) is 17.0 Å². The first-order chi connectivity index (χ1) is 3.41. The Morgan fingerprint density at radius 1 is 1.12 bits per heavy atom. The Morgan fingerprint density at radius 2 is 1.75 bits per heavy atom. The maximum absolute atomic E-state index is 5.44. The Balaban J connectivity index is 0. The lowest BCUT2D eigenvalue weighted by Crippen LogP contribution is -1.74. The summed E-state index contributed by atoms with van der Waals surface area (Å²) in [5, 5.41) is 0. The summed E-state index contributed by atoms with van der Waals surface area (Å²) in [6.45, 7) is 2.20. The number of halogens is 2. The standard InChI is InChI=1S/C6H13Cl.BrH/c1-2-3-4-5-6-7;/h2-6H2,1H3;1H. The van der Waals surface area contributed by atoms with Crippen molar-refractivity contribution in [1.82, 2.24) is 0 Å². The minimum absolute atomic E-state index is 0. The first kappa shape index (κ1) is 11.6. The van der Waals surface area contributed by atoms with Crippen LogP contribution in [0.3, 0.4) is 0 Å². The highest BCUT2D eigenvalue weighted by Gasteiger charge is 1.81. The van der Waals surface area contributed by atoms with E-state index in [2.05, 4.69) is 6.92 Å². The van der Waals surface area contributed by atoms with Crippen LogP contribution in [0.2, 0.25) is 0 Å². The average Bonchev–Trinajstić information content (AvgIpc) is 1.69. The molecule has 0 aliphatic rings. The molecule has 0 aromatic heterocycles. The van der Waals surface area contributed by atoms with Crippen LogP contribution in [0.1, 0.15) is 32.6 Å². The highest BCUT2D eigenvalue weighted by atomic mass is 79.9. The molecule has 52 valence electrons. The van der Waals surface area contributed by atoms with E-state index in [0.717, 1.165) is 5.88 Å². The number of hydrogen-bond donors (Lipinski definition) is 0. The van der Waals surface area contributed by atoms with Gasteiger partial charge in [0, 0.05) is 5.88 Å². The van der Waals surface area contributed by atoms with Crippen molar-refractivity contribution in [2.24, 2.45) is 0 Å². The molecule has 8 heavy (non-hydrogen) atoms. The van der Waals surface area contributed by atoms with Crippen molar-refractivity contribution >= 4 is 28.6 Å². The minimum atomic E-state index is 0. The third-order valence-corrected chi connectivity index (χ3v) is 1.25. The van der Waals surface area contributed by atoms with Gasteiger partial charge in [-0.05, 0) is 6.42 Å². The van der Waals surface area contributed by atoms with Gasteiger partial charge in [0.25, 0.3) is 0 Å². The van der Waals surface area contributed by atoms with Crippen LogP contribution in [0.4, 0.5) is 0 Å². The zero-order valence-corrected chi connectivity index (χ0v) is 7.79. The van der Waals surface area contributed by atoms with E-state index in [1.165, 1.54) is 25.7 Å². The predicted octanol–water partition coefficient (Wildman–Crippen LogP) is 3.38. The molecule has 0 aromatic rings. The number of unbranched alkanes of at least 4 members (excludes halogenated alkanes) is 3. The fraction of sp³-hybridized carbons (Fsp3) is 1.00. The Kier molecular flexibility index (Phi) is 15.4. The molecule has 0 aliphatic heterocycles. The van der Waals surface area contributed by atoms with E-state index >= 15 is 0 Å². The molecule has 0 rings (SSSR count). The highest BCUT2D eigenvalue weighted by Crippen LogP contribution is 1.98. The summed E-state index contributed by atoms with van der Waals surface area (Å²) in [5.41, 5.74) is 0. The van der Waals surface area contributed by atoms with Crippen molar-refractivity contribution in [3.8, 4) is 0 Å². The number of alkyl halides is 1. The third-order valence-electron chi connectivity index (χ3n) is 0.987. The van der Waals surface area contributed by atoms with Gasteiger partial charge in [0.2, 0.25) is 0 Å². The third kappa shape index (κ3) is 9.91. The molecule has 0 saturated heterocycles. The van der Waals surface area contributed by atoms with Gasteiger partial charge in [-0.25, -0.2) is 0 Å². The molecule has 0 N–H and O–H groups in total. The number of rotatable bonds is 4. The molecule has 0 bridgehead atoms. The SMILES string of the molecule is Br.CCCCCCCl. The molecular weight excluding hydrogens is 187 g/mol. The first-order valence-electron chi connectivity index (χ1n) is 2.97. The molecule has 0 saturated carbocycles. The predicted molar refractivity (Wildman–Crippen MR) is 45.2 cm³/mol. The van der Waals surface area contributed by atoms with Crippen LogP contribution in [0.5, 0.6) is 0 Å². The average molecular weight is 202 g/mol. The van der Waals surface area contributed by atoms with E-state index in [0.29, 0.717) is 0 Å². The zero-order valence-electron chi connectivity index (χ0n) is 5.32. The Labute approximate surface area is 67.4 Å². The van der Waals surface area contributed by atoms with E-state index in [9.17, 15) is 0 Å². The molecule has 0 aromatic carbocycles. The summed E-state index contributed by atoms with van der Waals surface area (Å²) in [4.78, 5) is 0. The number of hydrogen-bond acceptors (Lipinski definition) is 0. The molecule has 0 heterocycles. The molecular formula is C6H14BrCl. The van der Waals surface area contributed by atoms with Gasteiger partial charge in [-0.3, -0.25) is 0 Å². The lowest BCUT2D eigenvalue weighted by atomic mass is 10.2. The Hall–Kier alpha value is 0.770. The van der Waals surface area contributed by atoms with Gasteiger partial charge < -0.3 is 0 Å². The summed E-state index contributed by atoms with van der Waals surface area (Å²) in [6.07, 6.45) is 5.14. The van der Waals surface area contributed by atoms with E-state index in [1.807, 2.05) is 0 Å². The van der Waals surface area contributed by atoms with E-state index in [1.54, 1.807) is 0 Å². The van der Waals surface area contributed by atoms with Gasteiger partial charge in [-0.1, -0.05) is 26.2 Å². The van der Waals surface area contributed by atoms with Crippen molar-refractivity contribution in [3.05, 3.63) is 0 Å². The van der Waals surface area contributed by atoms with Crippen molar-refractivity contribution in [1.29, 1.82) is 0 Å². The second kappa shape index (κ2) is 10.7. The van der Waals surface area contributed by atoms with Crippen LogP contribution < -0.4 is 0 Å². The van der Waals surface area contributed by atoms with Gasteiger partial charge in [0.1, 0.15) is 0 Å². The summed E-state index contributed by atoms with van der Waals surface area (Å²) in [7, 11) is 0. The molecule has 0 unspecified atom stereocenters. The van der Waals surface area contributed by atoms with Gasteiger partial charge in [-0.15, -0.1) is 28.6 Å². The van der Waals surface area contributed by atoms with Crippen molar-refractivity contribution in [2.75, 3.05) is 5.88 Å². The first-order valence-corrected chi connectivity index (χ1v) is 3.51. The topological polar surface area (TPSA) is 0 Å². The molecule has 2 heteroatoms. The van der Waals surface area contributed by atoms with Crippen molar-refractivity contribution < 1.29 is 0 Å². The molecule has 0 radical (unpaired) electrons. The highest BCUT2D eigenvalue weighted by molar-refractivity contribution is 8.93. The van der Waals surface area contributed by atoms with Crippen molar-refractivity contribution in [3.63, 3.8) is 0 Å². The summed E-state index contributed by atoms with van der Waals surface area (Å²) in [5.74, 6) is 0.833. The van der Waals surface area contributed by atoms with Crippen molar-refractivity contribution in [2.45, 2.75) is 32.6 Å². The summed E-state index contributed by atoms with van der Waals surface area (Å²) in [6, 6.07) is 0. The van der Waals surface area contributed by atoms with E-state index in [4.69, 9.17) is 11.6 Å². The lowest BCUT2D eigenvalue weighted by Gasteiger charge is -1.89. The fourth-order valence-corrected chi connectivity index (χ4v) is 0.710. The smallest absolute Gasteiger partial charge is 0.0223 e. The van der Waals surface area contributed by atoms with Crippen LogP contribution in [0.15, 0.2) is 0 Å². The van der Waals surface area contributed by atoms with Gasteiger partial charge in [0.15, 0.2) is 0 Å². The molecule has 0 atom stereocenters. The van der Waals surface area contributed by atoms with Crippen LogP contribution in [-0.2, 0) is 0 Å². The summed E-state index contributed by atoms with van der Waals surface area (Å²) < 4.78 is 0. The largest absolute Gasteiger partial charge is 0.127 e. The van der Waals surface area contributed by atoms with Crippen LogP contribution in [-0.4, -0.2) is 5.88 Å². The lowest BCUT2D eigenvalue weighted by molar-refractivity contribution is 0.705. The zero-order chi connectivity index (χ0) is 5.54. The Bertz CT molecular complexity index is 27.7. The molecule has 0 aliphatic carbocycles. The van der Waals surface area contributed by atoms with Gasteiger partial charge >= 0.3 is 0 Å². The maximum atomic E-state index is 5.44.